The van der Waals surface area contributed by atoms with Crippen molar-refractivity contribution in [1.29, 1.82) is 0 Å². The van der Waals surface area contributed by atoms with E-state index < -0.39 is 5.97 Å². The maximum Gasteiger partial charge on any atom is 0.327 e. The largest absolute Gasteiger partial charge is 0.478 e. The molecule has 4 atom stereocenters. The Hall–Kier alpha value is -0.790. The molecule has 0 aromatic heterocycles. The quantitative estimate of drug-likeness (QED) is 0.650. The van der Waals surface area contributed by atoms with Crippen LogP contribution in [0.4, 0.5) is 0 Å². The highest BCUT2D eigenvalue weighted by molar-refractivity contribution is 5.79. The SMILES string of the molecule is C[C@@H]1C[C@H]1[C@@H]1C[C@H]1/C=C/C(=O)O. The third-order valence-corrected chi connectivity index (χ3v) is 3.10. The Kier molecular flexibility index (Phi) is 1.71. The summed E-state index contributed by atoms with van der Waals surface area (Å²) in [7, 11) is 0. The predicted molar refractivity (Wildman–Crippen MR) is 45.6 cm³/mol. The lowest BCUT2D eigenvalue weighted by molar-refractivity contribution is -0.131. The number of rotatable bonds is 3. The van der Waals surface area contributed by atoms with Crippen molar-refractivity contribution in [3.63, 3.8) is 0 Å². The van der Waals surface area contributed by atoms with Crippen LogP contribution in [-0.2, 0) is 4.79 Å². The monoisotopic (exact) mass is 166 g/mol. The molecule has 0 spiro atoms. The molecule has 0 bridgehead atoms. The molecule has 0 aromatic rings. The van der Waals surface area contributed by atoms with Gasteiger partial charge in [0.2, 0.25) is 0 Å². The van der Waals surface area contributed by atoms with E-state index in [9.17, 15) is 4.79 Å². The van der Waals surface area contributed by atoms with Gasteiger partial charge in [-0.15, -0.1) is 0 Å². The average Bonchev–Trinajstić information content (AvgIpc) is 2.80. The van der Waals surface area contributed by atoms with Crippen molar-refractivity contribution in [1.82, 2.24) is 0 Å². The number of allylic oxidation sites excluding steroid dienone is 1. The molecule has 12 heavy (non-hydrogen) atoms. The Bertz CT molecular complexity index is 232. The number of hydrogen-bond acceptors (Lipinski definition) is 1. The molecule has 0 radical (unpaired) electrons. The zero-order chi connectivity index (χ0) is 8.72. The van der Waals surface area contributed by atoms with E-state index in [1.165, 1.54) is 18.9 Å². The standard InChI is InChI=1S/C10H14O2/c1-6-4-8(6)9-5-7(9)2-3-10(11)12/h2-3,6-9H,4-5H2,1H3,(H,11,12)/b3-2+/t6-,7-,8-,9-/m1/s1. The molecule has 0 amide bonds. The number of carboxylic acids is 1. The highest BCUT2D eigenvalue weighted by Gasteiger charge is 2.50. The van der Waals surface area contributed by atoms with Crippen molar-refractivity contribution in [3.05, 3.63) is 12.2 Å². The van der Waals surface area contributed by atoms with Crippen molar-refractivity contribution in [2.24, 2.45) is 23.7 Å². The van der Waals surface area contributed by atoms with Crippen molar-refractivity contribution >= 4 is 5.97 Å². The summed E-state index contributed by atoms with van der Waals surface area (Å²) in [5.41, 5.74) is 0. The normalized spacial score (nSPS) is 44.8. The zero-order valence-corrected chi connectivity index (χ0v) is 7.23. The van der Waals surface area contributed by atoms with Crippen molar-refractivity contribution in [2.75, 3.05) is 0 Å². The summed E-state index contributed by atoms with van der Waals surface area (Å²) >= 11 is 0. The lowest BCUT2D eigenvalue weighted by atomic mass is 10.2. The van der Waals surface area contributed by atoms with Gasteiger partial charge in [-0.1, -0.05) is 13.0 Å². The molecule has 0 heterocycles. The van der Waals surface area contributed by atoms with E-state index >= 15 is 0 Å². The molecule has 1 N–H and O–H groups in total. The maximum atomic E-state index is 10.2. The number of hydrogen-bond donors (Lipinski definition) is 1. The third-order valence-electron chi connectivity index (χ3n) is 3.10. The molecule has 0 saturated heterocycles. The van der Waals surface area contributed by atoms with Gasteiger partial charge in [-0.3, -0.25) is 0 Å². The first-order valence-corrected chi connectivity index (χ1v) is 4.59. The molecule has 2 rings (SSSR count). The van der Waals surface area contributed by atoms with Gasteiger partial charge in [-0.05, 0) is 36.5 Å². The van der Waals surface area contributed by atoms with Gasteiger partial charge in [-0.25, -0.2) is 4.79 Å². The first-order valence-electron chi connectivity index (χ1n) is 4.59. The molecule has 66 valence electrons. The fourth-order valence-electron chi connectivity index (χ4n) is 2.10. The molecule has 0 aliphatic heterocycles. The molecule has 2 fully saturated rings. The summed E-state index contributed by atoms with van der Waals surface area (Å²) < 4.78 is 0. The van der Waals surface area contributed by atoms with E-state index in [0.717, 1.165) is 17.8 Å². The third kappa shape index (κ3) is 1.52. The summed E-state index contributed by atoms with van der Waals surface area (Å²) in [6.07, 6.45) is 5.73. The summed E-state index contributed by atoms with van der Waals surface area (Å²) in [6.45, 7) is 2.28. The van der Waals surface area contributed by atoms with Gasteiger partial charge in [0, 0.05) is 6.08 Å². The summed E-state index contributed by atoms with van der Waals surface area (Å²) in [4.78, 5) is 10.2. The molecular weight excluding hydrogens is 152 g/mol. The van der Waals surface area contributed by atoms with Crippen molar-refractivity contribution < 1.29 is 9.90 Å². The number of carbonyl (C=O) groups is 1. The van der Waals surface area contributed by atoms with Crippen LogP contribution in [-0.4, -0.2) is 11.1 Å². The van der Waals surface area contributed by atoms with E-state index in [1.54, 1.807) is 0 Å². The lowest BCUT2D eigenvalue weighted by Gasteiger charge is -1.89. The summed E-state index contributed by atoms with van der Waals surface area (Å²) in [5.74, 6) is 2.39. The predicted octanol–water partition coefficient (Wildman–Crippen LogP) is 1.92. The molecule has 0 unspecified atom stereocenters. The van der Waals surface area contributed by atoms with Crippen LogP contribution in [0.15, 0.2) is 12.2 Å². The fourth-order valence-corrected chi connectivity index (χ4v) is 2.10. The van der Waals surface area contributed by atoms with E-state index in [2.05, 4.69) is 6.92 Å². The Balaban J connectivity index is 1.77. The second-order valence-corrected chi connectivity index (χ2v) is 4.14. The molecular formula is C10H14O2. The molecule has 2 aliphatic rings. The first-order chi connectivity index (χ1) is 5.68. The first kappa shape index (κ1) is 7.84. The second kappa shape index (κ2) is 2.61. The molecule has 0 aromatic carbocycles. The van der Waals surface area contributed by atoms with Gasteiger partial charge in [0.15, 0.2) is 0 Å². The highest BCUT2D eigenvalue weighted by Crippen LogP contribution is 2.58. The topological polar surface area (TPSA) is 37.3 Å². The minimum absolute atomic E-state index is 0.580. The van der Waals surface area contributed by atoms with E-state index in [-0.39, 0.29) is 0 Å². The van der Waals surface area contributed by atoms with Crippen LogP contribution < -0.4 is 0 Å². The van der Waals surface area contributed by atoms with Gasteiger partial charge in [0.05, 0.1) is 0 Å². The van der Waals surface area contributed by atoms with Gasteiger partial charge in [-0.2, -0.15) is 0 Å². The second-order valence-electron chi connectivity index (χ2n) is 4.14. The molecule has 2 aliphatic carbocycles. The van der Waals surface area contributed by atoms with Crippen LogP contribution >= 0.6 is 0 Å². The van der Waals surface area contributed by atoms with Crippen molar-refractivity contribution in [3.8, 4) is 0 Å². The van der Waals surface area contributed by atoms with Crippen LogP contribution in [0.2, 0.25) is 0 Å². The number of carboxylic acid groups (broad SMARTS) is 1. The Labute approximate surface area is 72.3 Å². The smallest absolute Gasteiger partial charge is 0.327 e. The van der Waals surface area contributed by atoms with Gasteiger partial charge >= 0.3 is 5.97 Å². The van der Waals surface area contributed by atoms with E-state index in [1.807, 2.05) is 6.08 Å². The minimum atomic E-state index is -0.815. The fraction of sp³-hybridized carbons (Fsp3) is 0.700. The molecule has 2 heteroatoms. The average molecular weight is 166 g/mol. The Morgan fingerprint density at radius 2 is 2.08 bits per heavy atom. The van der Waals surface area contributed by atoms with E-state index in [4.69, 9.17) is 5.11 Å². The van der Waals surface area contributed by atoms with Crippen LogP contribution in [0.5, 0.6) is 0 Å². The molecule has 2 saturated carbocycles. The molecule has 2 nitrogen and oxygen atoms in total. The lowest BCUT2D eigenvalue weighted by Crippen LogP contribution is -1.88. The van der Waals surface area contributed by atoms with Crippen LogP contribution in [0, 0.1) is 23.7 Å². The summed E-state index contributed by atoms with van der Waals surface area (Å²) in [6, 6.07) is 0. The van der Waals surface area contributed by atoms with Gasteiger partial charge in [0.1, 0.15) is 0 Å². The number of aliphatic carboxylic acids is 1. The Morgan fingerprint density at radius 1 is 1.42 bits per heavy atom. The summed E-state index contributed by atoms with van der Waals surface area (Å²) in [5, 5.41) is 8.40. The van der Waals surface area contributed by atoms with E-state index in [0.29, 0.717) is 5.92 Å². The van der Waals surface area contributed by atoms with Crippen LogP contribution in [0.3, 0.4) is 0 Å². The van der Waals surface area contributed by atoms with Crippen LogP contribution in [0.1, 0.15) is 19.8 Å². The van der Waals surface area contributed by atoms with Gasteiger partial charge in [0.25, 0.3) is 0 Å². The highest BCUT2D eigenvalue weighted by atomic mass is 16.4. The maximum absolute atomic E-state index is 10.2. The zero-order valence-electron chi connectivity index (χ0n) is 7.23. The minimum Gasteiger partial charge on any atom is -0.478 e. The van der Waals surface area contributed by atoms with Crippen molar-refractivity contribution in [2.45, 2.75) is 19.8 Å². The van der Waals surface area contributed by atoms with Gasteiger partial charge < -0.3 is 5.11 Å². The Morgan fingerprint density at radius 3 is 2.58 bits per heavy atom. The van der Waals surface area contributed by atoms with Crippen LogP contribution in [0.25, 0.3) is 0 Å².